The van der Waals surface area contributed by atoms with Crippen LogP contribution in [-0.2, 0) is 4.57 Å². The normalized spacial score (nSPS) is 11.2. The third-order valence-electron chi connectivity index (χ3n) is 2.12. The van der Waals surface area contributed by atoms with Crippen LogP contribution in [0.1, 0.15) is 0 Å². The van der Waals surface area contributed by atoms with Gasteiger partial charge in [0.25, 0.3) is 0 Å². The molecule has 1 unspecified atom stereocenters. The van der Waals surface area contributed by atoms with Crippen LogP contribution in [0.15, 0.2) is 48.5 Å². The van der Waals surface area contributed by atoms with Crippen LogP contribution in [0, 0.1) is 5.82 Å². The van der Waals surface area contributed by atoms with Gasteiger partial charge in [-0.3, -0.25) is 0 Å². The largest absolute Gasteiger partial charge is 0.415 e. The first-order valence-corrected chi connectivity index (χ1v) is 6.29. The molecular weight excluding hydrogens is 246 g/mol. The highest BCUT2D eigenvalue weighted by Crippen LogP contribution is 2.20. The molecule has 0 N–H and O–H groups in total. The van der Waals surface area contributed by atoms with Crippen LogP contribution in [0.3, 0.4) is 0 Å². The molecule has 1 nitrogen and oxygen atoms in total. The SMILES string of the molecule is O=[P+](c1ccc(F)cc1)c1ccc(Cl)cc1. The van der Waals surface area contributed by atoms with Crippen molar-refractivity contribution < 1.29 is 8.96 Å². The third-order valence-corrected chi connectivity index (χ3v) is 3.91. The summed E-state index contributed by atoms with van der Waals surface area (Å²) >= 11 is 5.74. The van der Waals surface area contributed by atoms with E-state index in [2.05, 4.69) is 0 Å². The average Bonchev–Trinajstić information content (AvgIpc) is 2.30. The summed E-state index contributed by atoms with van der Waals surface area (Å²) in [5, 5.41) is 1.90. The third kappa shape index (κ3) is 2.46. The maximum atomic E-state index is 12.7. The van der Waals surface area contributed by atoms with E-state index in [4.69, 9.17) is 11.6 Å². The predicted molar refractivity (Wildman–Crippen MR) is 64.7 cm³/mol. The summed E-state index contributed by atoms with van der Waals surface area (Å²) in [7, 11) is -1.67. The van der Waals surface area contributed by atoms with Crippen molar-refractivity contribution in [3.8, 4) is 0 Å². The Morgan fingerprint density at radius 1 is 0.875 bits per heavy atom. The molecule has 0 radical (unpaired) electrons. The van der Waals surface area contributed by atoms with E-state index in [9.17, 15) is 8.96 Å². The zero-order valence-electron chi connectivity index (χ0n) is 8.23. The molecule has 16 heavy (non-hydrogen) atoms. The topological polar surface area (TPSA) is 17.1 Å². The Labute approximate surface area is 98.7 Å². The van der Waals surface area contributed by atoms with E-state index in [1.54, 1.807) is 24.3 Å². The second-order valence-corrected chi connectivity index (χ2v) is 5.31. The molecule has 2 aromatic carbocycles. The molecule has 0 bridgehead atoms. The maximum absolute atomic E-state index is 12.7. The van der Waals surface area contributed by atoms with E-state index < -0.39 is 7.80 Å². The number of benzene rings is 2. The van der Waals surface area contributed by atoms with Crippen molar-refractivity contribution in [2.45, 2.75) is 0 Å². The van der Waals surface area contributed by atoms with Crippen LogP contribution in [0.25, 0.3) is 0 Å². The summed E-state index contributed by atoms with van der Waals surface area (Å²) in [6, 6.07) is 12.5. The molecule has 0 aliphatic heterocycles. The molecule has 2 aromatic rings. The lowest BCUT2D eigenvalue weighted by atomic mass is 10.3. The minimum atomic E-state index is -1.67. The highest BCUT2D eigenvalue weighted by Gasteiger charge is 2.22. The molecule has 0 aliphatic carbocycles. The molecule has 0 amide bonds. The van der Waals surface area contributed by atoms with Gasteiger partial charge in [0.2, 0.25) is 0 Å². The molecule has 0 aliphatic rings. The van der Waals surface area contributed by atoms with Crippen LogP contribution in [0.4, 0.5) is 4.39 Å². The van der Waals surface area contributed by atoms with E-state index >= 15 is 0 Å². The average molecular weight is 254 g/mol. The van der Waals surface area contributed by atoms with Gasteiger partial charge in [0, 0.05) is 5.02 Å². The summed E-state index contributed by atoms with van der Waals surface area (Å²) in [4.78, 5) is 0. The lowest BCUT2D eigenvalue weighted by Crippen LogP contribution is -2.05. The van der Waals surface area contributed by atoms with E-state index in [0.717, 1.165) is 0 Å². The number of hydrogen-bond donors (Lipinski definition) is 0. The van der Waals surface area contributed by atoms with Crippen molar-refractivity contribution in [2.75, 3.05) is 0 Å². The predicted octanol–water partition coefficient (Wildman–Crippen LogP) is 3.26. The molecule has 4 heteroatoms. The molecule has 0 saturated carbocycles. The molecule has 2 rings (SSSR count). The van der Waals surface area contributed by atoms with E-state index in [0.29, 0.717) is 15.6 Å². The van der Waals surface area contributed by atoms with Crippen LogP contribution >= 0.6 is 19.4 Å². The molecule has 0 aromatic heterocycles. The fourth-order valence-corrected chi connectivity index (χ4v) is 2.57. The highest BCUT2D eigenvalue weighted by molar-refractivity contribution is 7.61. The zero-order valence-corrected chi connectivity index (χ0v) is 9.88. The monoisotopic (exact) mass is 253 g/mol. The van der Waals surface area contributed by atoms with Gasteiger partial charge in [-0.2, -0.15) is 0 Å². The summed E-state index contributed by atoms with van der Waals surface area (Å²) in [6.45, 7) is 0. The quantitative estimate of drug-likeness (QED) is 0.751. The van der Waals surface area contributed by atoms with Gasteiger partial charge in [-0.25, -0.2) is 4.39 Å². The molecular formula is C12H8ClFOP+. The smallest absolute Gasteiger partial charge is 0.207 e. The van der Waals surface area contributed by atoms with Gasteiger partial charge >= 0.3 is 7.80 Å². The van der Waals surface area contributed by atoms with Gasteiger partial charge in [-0.05, 0) is 48.5 Å². The maximum Gasteiger partial charge on any atom is 0.415 e. The van der Waals surface area contributed by atoms with Gasteiger partial charge in [0.15, 0.2) is 10.6 Å². The summed E-state index contributed by atoms with van der Waals surface area (Å²) in [5.74, 6) is -0.330. The van der Waals surface area contributed by atoms with E-state index in [-0.39, 0.29) is 5.82 Å². The van der Waals surface area contributed by atoms with E-state index in [1.807, 2.05) is 0 Å². The molecule has 0 saturated heterocycles. The second kappa shape index (κ2) is 4.73. The van der Waals surface area contributed by atoms with E-state index in [1.165, 1.54) is 24.3 Å². The van der Waals surface area contributed by atoms with Crippen molar-refractivity contribution in [3.63, 3.8) is 0 Å². The molecule has 1 atom stereocenters. The molecule has 0 heterocycles. The second-order valence-electron chi connectivity index (χ2n) is 3.25. The van der Waals surface area contributed by atoms with Gasteiger partial charge in [0.1, 0.15) is 5.82 Å². The van der Waals surface area contributed by atoms with Crippen molar-refractivity contribution in [1.29, 1.82) is 0 Å². The Kier molecular flexibility index (Phi) is 3.33. The summed E-state index contributed by atoms with van der Waals surface area (Å²) < 4.78 is 24.7. The van der Waals surface area contributed by atoms with Crippen molar-refractivity contribution in [1.82, 2.24) is 0 Å². The standard InChI is InChI=1S/C12H8ClFOP/c13-9-1-5-11(6-2-9)16(15)12-7-3-10(14)4-8-12/h1-8H/q+1. The minimum Gasteiger partial charge on any atom is -0.207 e. The van der Waals surface area contributed by atoms with Crippen LogP contribution in [0.2, 0.25) is 5.02 Å². The van der Waals surface area contributed by atoms with Gasteiger partial charge in [-0.1, -0.05) is 16.2 Å². The van der Waals surface area contributed by atoms with Crippen molar-refractivity contribution in [2.24, 2.45) is 0 Å². The highest BCUT2D eigenvalue weighted by atomic mass is 35.5. The van der Waals surface area contributed by atoms with Crippen molar-refractivity contribution in [3.05, 3.63) is 59.4 Å². The van der Waals surface area contributed by atoms with Crippen LogP contribution < -0.4 is 10.6 Å². The molecule has 0 fully saturated rings. The fraction of sp³-hybridized carbons (Fsp3) is 0. The van der Waals surface area contributed by atoms with Crippen LogP contribution in [-0.4, -0.2) is 0 Å². The Balaban J connectivity index is 2.32. The molecule has 80 valence electrons. The first kappa shape index (κ1) is 11.3. The van der Waals surface area contributed by atoms with Gasteiger partial charge in [-0.15, -0.1) is 0 Å². The Bertz CT molecular complexity index is 460. The Morgan fingerprint density at radius 3 is 1.81 bits per heavy atom. The number of halogens is 2. The first-order chi connectivity index (χ1) is 7.66. The van der Waals surface area contributed by atoms with Crippen molar-refractivity contribution >= 4 is 30.0 Å². The summed E-state index contributed by atoms with van der Waals surface area (Å²) in [6.07, 6.45) is 0. The summed E-state index contributed by atoms with van der Waals surface area (Å²) in [5.41, 5.74) is 0. The Morgan fingerprint density at radius 2 is 1.31 bits per heavy atom. The number of hydrogen-bond acceptors (Lipinski definition) is 1. The lowest BCUT2D eigenvalue weighted by Gasteiger charge is -1.90. The minimum absolute atomic E-state index is 0.330. The van der Waals surface area contributed by atoms with Gasteiger partial charge in [0.05, 0.1) is 0 Å². The molecule has 0 spiro atoms. The van der Waals surface area contributed by atoms with Crippen LogP contribution in [0.5, 0.6) is 0 Å². The number of rotatable bonds is 2. The Hall–Kier alpha value is -1.24. The first-order valence-electron chi connectivity index (χ1n) is 4.65. The fourth-order valence-electron chi connectivity index (χ4n) is 1.30. The zero-order chi connectivity index (χ0) is 11.5. The lowest BCUT2D eigenvalue weighted by molar-refractivity contribution is 0.598. The van der Waals surface area contributed by atoms with Gasteiger partial charge < -0.3 is 0 Å².